The van der Waals surface area contributed by atoms with E-state index >= 15 is 0 Å². The van der Waals surface area contributed by atoms with E-state index in [0.717, 1.165) is 34.6 Å². The van der Waals surface area contributed by atoms with Crippen molar-refractivity contribution in [1.29, 1.82) is 0 Å². The molecule has 1 amide bonds. The van der Waals surface area contributed by atoms with Crippen LogP contribution < -0.4 is 4.74 Å². The zero-order valence-corrected chi connectivity index (χ0v) is 16.6. The molecule has 0 saturated carbocycles. The Labute approximate surface area is 163 Å². The van der Waals surface area contributed by atoms with Gasteiger partial charge in [0.1, 0.15) is 5.75 Å². The molecule has 27 heavy (non-hydrogen) atoms. The summed E-state index contributed by atoms with van der Waals surface area (Å²) in [5.41, 5.74) is 4.74. The number of nitrogens with zero attached hydrogens (tertiary/aromatic N) is 3. The molecule has 2 atom stereocenters. The number of fused-ring (bicyclic) bond motifs is 1. The van der Waals surface area contributed by atoms with E-state index in [1.54, 1.807) is 18.4 Å². The van der Waals surface area contributed by atoms with E-state index in [2.05, 4.69) is 36.1 Å². The van der Waals surface area contributed by atoms with E-state index in [4.69, 9.17) is 4.74 Å². The fraction of sp³-hybridized carbons (Fsp3) is 0.333. The highest BCUT2D eigenvalue weighted by molar-refractivity contribution is 7.16. The number of thiazole rings is 1. The zero-order chi connectivity index (χ0) is 19.0. The van der Waals surface area contributed by atoms with Crippen LogP contribution in [0, 0.1) is 0 Å². The van der Waals surface area contributed by atoms with Gasteiger partial charge < -0.3 is 14.5 Å². The lowest BCUT2D eigenvalue weighted by atomic mass is 9.93. The van der Waals surface area contributed by atoms with Crippen LogP contribution in [0.25, 0.3) is 10.2 Å². The Balaban J connectivity index is 1.59. The average Bonchev–Trinajstić information content (AvgIpc) is 3.34. The molecule has 5 nitrogen and oxygen atoms in total. The van der Waals surface area contributed by atoms with Crippen LogP contribution in [0.2, 0.25) is 0 Å². The number of amides is 1. The average molecular weight is 382 g/mol. The van der Waals surface area contributed by atoms with Crippen LogP contribution in [0.5, 0.6) is 5.75 Å². The monoisotopic (exact) mass is 381 g/mol. The number of aromatic nitrogens is 1. The molecule has 1 aliphatic heterocycles. The molecule has 1 aliphatic rings. The number of likely N-dealkylation sites (N-methyl/N-ethyl adjacent to an activating group) is 1. The van der Waals surface area contributed by atoms with Gasteiger partial charge in [-0.15, -0.1) is 11.3 Å². The number of carbonyl (C=O) groups excluding carboxylic acids is 1. The first-order valence-corrected chi connectivity index (χ1v) is 9.87. The number of hydrogen-bond donors (Lipinski definition) is 0. The lowest BCUT2D eigenvalue weighted by Crippen LogP contribution is -2.35. The second-order valence-corrected chi connectivity index (χ2v) is 8.04. The van der Waals surface area contributed by atoms with E-state index in [1.807, 2.05) is 40.7 Å². The molecule has 1 saturated heterocycles. The number of hydrogen-bond acceptors (Lipinski definition) is 5. The molecule has 140 valence electrons. The third kappa shape index (κ3) is 3.42. The van der Waals surface area contributed by atoms with Crippen molar-refractivity contribution in [2.45, 2.75) is 12.0 Å². The molecule has 0 N–H and O–H groups in total. The van der Waals surface area contributed by atoms with Gasteiger partial charge in [-0.3, -0.25) is 4.79 Å². The van der Waals surface area contributed by atoms with Gasteiger partial charge in [-0.2, -0.15) is 0 Å². The molecule has 2 aromatic carbocycles. The second kappa shape index (κ2) is 7.29. The normalized spacial score (nSPS) is 19.8. The van der Waals surface area contributed by atoms with Crippen LogP contribution in [0.3, 0.4) is 0 Å². The number of ether oxygens (including phenoxy) is 1. The quantitative estimate of drug-likeness (QED) is 0.694. The number of likely N-dealkylation sites (tertiary alicyclic amines) is 1. The maximum atomic E-state index is 13.1. The van der Waals surface area contributed by atoms with Crippen LogP contribution in [-0.2, 0) is 0 Å². The van der Waals surface area contributed by atoms with Crippen molar-refractivity contribution in [2.75, 3.05) is 34.3 Å². The Morgan fingerprint density at radius 3 is 2.67 bits per heavy atom. The van der Waals surface area contributed by atoms with Crippen LogP contribution in [0.15, 0.2) is 48.0 Å². The summed E-state index contributed by atoms with van der Waals surface area (Å²) in [6.45, 7) is 1.44. The summed E-state index contributed by atoms with van der Waals surface area (Å²) in [6.07, 6.45) is 0. The second-order valence-electron chi connectivity index (χ2n) is 7.16. The minimum Gasteiger partial charge on any atom is -0.497 e. The summed E-state index contributed by atoms with van der Waals surface area (Å²) in [6, 6.07) is 14.3. The highest BCUT2D eigenvalue weighted by Gasteiger charge is 2.37. The first-order valence-electron chi connectivity index (χ1n) is 8.99. The SMILES string of the molecule is COc1ccc([C@@H]2CN(C(=O)c3ccc4ncsc4c3)C[C@H]2N(C)C)cc1. The fourth-order valence-electron chi connectivity index (χ4n) is 3.83. The van der Waals surface area contributed by atoms with Crippen molar-refractivity contribution in [2.24, 2.45) is 0 Å². The Bertz CT molecular complexity index is 951. The van der Waals surface area contributed by atoms with E-state index in [9.17, 15) is 4.79 Å². The molecule has 6 heteroatoms. The molecule has 0 aliphatic carbocycles. The zero-order valence-electron chi connectivity index (χ0n) is 15.8. The number of rotatable bonds is 4. The minimum absolute atomic E-state index is 0.0909. The van der Waals surface area contributed by atoms with Gasteiger partial charge in [-0.1, -0.05) is 12.1 Å². The maximum Gasteiger partial charge on any atom is 0.253 e. The summed E-state index contributed by atoms with van der Waals surface area (Å²) >= 11 is 1.57. The van der Waals surface area contributed by atoms with Crippen LogP contribution in [0.4, 0.5) is 0 Å². The smallest absolute Gasteiger partial charge is 0.253 e. The largest absolute Gasteiger partial charge is 0.497 e. The molecule has 4 rings (SSSR count). The van der Waals surface area contributed by atoms with Crippen molar-refractivity contribution >= 4 is 27.5 Å². The lowest BCUT2D eigenvalue weighted by Gasteiger charge is -2.25. The molecule has 0 radical (unpaired) electrons. The van der Waals surface area contributed by atoms with Gasteiger partial charge in [-0.25, -0.2) is 4.98 Å². The van der Waals surface area contributed by atoms with Crippen molar-refractivity contribution in [3.63, 3.8) is 0 Å². The van der Waals surface area contributed by atoms with Gasteiger partial charge in [0.05, 0.1) is 22.8 Å². The Kier molecular flexibility index (Phi) is 4.85. The van der Waals surface area contributed by atoms with Gasteiger partial charge in [0.15, 0.2) is 0 Å². The summed E-state index contributed by atoms with van der Waals surface area (Å²) < 4.78 is 6.32. The third-order valence-corrected chi connectivity index (χ3v) is 6.15. The van der Waals surface area contributed by atoms with Gasteiger partial charge in [-0.05, 0) is 50.0 Å². The molecule has 0 bridgehead atoms. The number of methoxy groups -OCH3 is 1. The Hall–Kier alpha value is -2.44. The Morgan fingerprint density at radius 1 is 1.19 bits per heavy atom. The van der Waals surface area contributed by atoms with Gasteiger partial charge in [0.2, 0.25) is 0 Å². The molecule has 1 fully saturated rings. The standard InChI is InChI=1S/C21H23N3O2S/c1-23(2)19-12-24(11-17(19)14-4-7-16(26-3)8-5-14)21(25)15-6-9-18-20(10-15)27-13-22-18/h4-10,13,17,19H,11-12H2,1-3H3/t17-,19+/m0/s1. The highest BCUT2D eigenvalue weighted by atomic mass is 32.1. The molecule has 2 heterocycles. The van der Waals surface area contributed by atoms with Gasteiger partial charge in [0.25, 0.3) is 5.91 Å². The van der Waals surface area contributed by atoms with Gasteiger partial charge >= 0.3 is 0 Å². The summed E-state index contributed by atoms with van der Waals surface area (Å²) in [5.74, 6) is 1.22. The molecular formula is C21H23N3O2S. The first kappa shape index (κ1) is 17.9. The Morgan fingerprint density at radius 2 is 1.96 bits per heavy atom. The van der Waals surface area contributed by atoms with Crippen LogP contribution in [0.1, 0.15) is 21.8 Å². The van der Waals surface area contributed by atoms with Crippen molar-refractivity contribution in [3.8, 4) is 5.75 Å². The molecule has 0 unspecified atom stereocenters. The van der Waals surface area contributed by atoms with E-state index in [1.165, 1.54) is 5.56 Å². The van der Waals surface area contributed by atoms with E-state index in [0.29, 0.717) is 0 Å². The van der Waals surface area contributed by atoms with Gasteiger partial charge in [0, 0.05) is 30.6 Å². The fourth-order valence-corrected chi connectivity index (χ4v) is 4.54. The first-order chi connectivity index (χ1) is 13.1. The van der Waals surface area contributed by atoms with Crippen molar-refractivity contribution < 1.29 is 9.53 Å². The topological polar surface area (TPSA) is 45.7 Å². The molecule has 0 spiro atoms. The van der Waals surface area contributed by atoms with Crippen LogP contribution in [-0.4, -0.2) is 61.0 Å². The molecule has 3 aromatic rings. The maximum absolute atomic E-state index is 13.1. The van der Waals surface area contributed by atoms with Crippen molar-refractivity contribution in [3.05, 3.63) is 59.1 Å². The summed E-state index contributed by atoms with van der Waals surface area (Å²) in [5, 5.41) is 0. The molecular weight excluding hydrogens is 358 g/mol. The predicted octanol–water partition coefficient (Wildman–Crippen LogP) is 3.47. The summed E-state index contributed by atoms with van der Waals surface area (Å²) in [4.78, 5) is 21.6. The highest BCUT2D eigenvalue weighted by Crippen LogP contribution is 2.32. The van der Waals surface area contributed by atoms with E-state index < -0.39 is 0 Å². The third-order valence-electron chi connectivity index (χ3n) is 5.36. The number of benzene rings is 2. The lowest BCUT2D eigenvalue weighted by molar-refractivity contribution is 0.0782. The molecule has 1 aromatic heterocycles. The minimum atomic E-state index is 0.0909. The van der Waals surface area contributed by atoms with Crippen molar-refractivity contribution in [1.82, 2.24) is 14.8 Å². The number of carbonyl (C=O) groups is 1. The van der Waals surface area contributed by atoms with E-state index in [-0.39, 0.29) is 17.9 Å². The summed E-state index contributed by atoms with van der Waals surface area (Å²) in [7, 11) is 5.84. The predicted molar refractivity (Wildman–Crippen MR) is 109 cm³/mol. The van der Waals surface area contributed by atoms with Crippen LogP contribution >= 0.6 is 11.3 Å².